The first kappa shape index (κ1) is 40.2. The second-order valence-corrected chi connectivity index (χ2v) is 15.2. The predicted molar refractivity (Wildman–Crippen MR) is 267 cm³/mol. The molecular weight excluding hydrogens is 769 g/mol. The fourth-order valence-electron chi connectivity index (χ4n) is 8.26. The minimum absolute atomic E-state index is 0.871. The second kappa shape index (κ2) is 18.2. The van der Waals surface area contributed by atoms with E-state index in [9.17, 15) is 0 Å². The van der Waals surface area contributed by atoms with Gasteiger partial charge in [-0.2, -0.15) is 0 Å². The number of benzene rings is 7. The highest BCUT2D eigenvalue weighted by molar-refractivity contribution is 6.04. The molecule has 306 valence electrons. The molecule has 0 spiro atoms. The van der Waals surface area contributed by atoms with Crippen molar-refractivity contribution in [3.05, 3.63) is 243 Å². The molecule has 0 saturated heterocycles. The molecule has 9 rings (SSSR count). The fourth-order valence-corrected chi connectivity index (χ4v) is 8.26. The van der Waals surface area contributed by atoms with Crippen molar-refractivity contribution in [3.63, 3.8) is 0 Å². The highest BCUT2D eigenvalue weighted by atomic mass is 15.2. The molecule has 0 aliphatic rings. The summed E-state index contributed by atoms with van der Waals surface area (Å²) in [5.74, 6) is 0. The Balaban J connectivity index is 1.22. The van der Waals surface area contributed by atoms with Gasteiger partial charge in [-0.3, -0.25) is 9.97 Å². The maximum Gasteiger partial charge on any atom is 0.0966 e. The van der Waals surface area contributed by atoms with Crippen molar-refractivity contribution in [2.24, 2.45) is 0 Å². The van der Waals surface area contributed by atoms with Gasteiger partial charge >= 0.3 is 0 Å². The smallest absolute Gasteiger partial charge is 0.0966 e. The summed E-state index contributed by atoms with van der Waals surface area (Å²) in [7, 11) is 0. The molecule has 0 aliphatic carbocycles. The van der Waals surface area contributed by atoms with Crippen LogP contribution in [0.25, 0.3) is 21.8 Å². The topological polar surface area (TPSA) is 38.7 Å². The lowest BCUT2D eigenvalue weighted by Crippen LogP contribution is -2.17. The van der Waals surface area contributed by atoms with Crippen LogP contribution in [-0.2, 0) is 0 Å². The zero-order chi connectivity index (χ0) is 43.1. The maximum absolute atomic E-state index is 5.11. The Bertz CT molecular complexity index is 3090. The minimum atomic E-state index is 0.871. The Morgan fingerprint density at radius 2 is 0.873 bits per heavy atom. The van der Waals surface area contributed by atoms with E-state index in [1.54, 1.807) is 0 Å². The molecule has 0 unspecified atom stereocenters. The number of aromatic nitrogens is 2. The number of para-hydroxylation sites is 3. The highest BCUT2D eigenvalue weighted by Crippen LogP contribution is 2.44. The molecule has 6 nitrogen and oxygen atoms in total. The Morgan fingerprint density at radius 1 is 0.413 bits per heavy atom. The third kappa shape index (κ3) is 8.18. The average molecular weight is 817 g/mol. The predicted octanol–water partition coefficient (Wildman–Crippen LogP) is 16.0. The summed E-state index contributed by atoms with van der Waals surface area (Å²) >= 11 is 0. The number of allylic oxidation sites excluding steroid dienone is 4. The molecule has 6 heteroatoms. The third-order valence-corrected chi connectivity index (χ3v) is 11.3. The molecule has 0 amide bonds. The first-order valence-corrected chi connectivity index (χ1v) is 21.3. The van der Waals surface area contributed by atoms with Gasteiger partial charge in [0.1, 0.15) is 0 Å². The van der Waals surface area contributed by atoms with Gasteiger partial charge < -0.3 is 19.6 Å². The van der Waals surface area contributed by atoms with Crippen molar-refractivity contribution in [2.75, 3.05) is 19.6 Å². The van der Waals surface area contributed by atoms with E-state index in [1.165, 1.54) is 0 Å². The normalized spacial score (nSPS) is 11.7. The van der Waals surface area contributed by atoms with Crippen LogP contribution in [0.1, 0.15) is 20.8 Å². The Morgan fingerprint density at radius 3 is 1.43 bits per heavy atom. The first-order valence-electron chi connectivity index (χ1n) is 21.3. The zero-order valence-corrected chi connectivity index (χ0v) is 35.8. The SMILES string of the molecule is C=CC(=CC)N(c1ccccc1)c1cccc(N(c2ccccc2)c2cccc(N(c3cccc(N(C(C)=CC)c4ccccc4)c3)c3cnc4c(ccc5cccnc54)c3)c2)c1. The molecule has 9 aromatic rings. The van der Waals surface area contributed by atoms with Crippen molar-refractivity contribution in [2.45, 2.75) is 20.8 Å². The molecule has 2 heterocycles. The number of hydrogen-bond acceptors (Lipinski definition) is 6. The summed E-state index contributed by atoms with van der Waals surface area (Å²) in [6.45, 7) is 10.4. The average Bonchev–Trinajstić information content (AvgIpc) is 3.34. The van der Waals surface area contributed by atoms with Gasteiger partial charge in [0.25, 0.3) is 0 Å². The molecule has 0 aliphatic heterocycles. The largest absolute Gasteiger partial charge is 0.315 e. The lowest BCUT2D eigenvalue weighted by Gasteiger charge is -2.31. The van der Waals surface area contributed by atoms with E-state index in [-0.39, 0.29) is 0 Å². The van der Waals surface area contributed by atoms with Crippen molar-refractivity contribution in [1.82, 2.24) is 9.97 Å². The van der Waals surface area contributed by atoms with Crippen LogP contribution in [0.3, 0.4) is 0 Å². The van der Waals surface area contributed by atoms with E-state index >= 15 is 0 Å². The molecule has 0 radical (unpaired) electrons. The first-order chi connectivity index (χ1) is 31.0. The van der Waals surface area contributed by atoms with Crippen LogP contribution < -0.4 is 19.6 Å². The van der Waals surface area contributed by atoms with Crippen molar-refractivity contribution in [1.29, 1.82) is 0 Å². The molecule has 0 bridgehead atoms. The molecule has 0 saturated carbocycles. The van der Waals surface area contributed by atoms with Crippen molar-refractivity contribution in [3.8, 4) is 0 Å². The van der Waals surface area contributed by atoms with Crippen molar-refractivity contribution >= 4 is 78.7 Å². The Labute approximate surface area is 370 Å². The van der Waals surface area contributed by atoms with Gasteiger partial charge in [-0.15, -0.1) is 0 Å². The molecule has 63 heavy (non-hydrogen) atoms. The lowest BCUT2D eigenvalue weighted by molar-refractivity contribution is 1.14. The quantitative estimate of drug-likeness (QED) is 0.0852. The van der Waals surface area contributed by atoms with Gasteiger partial charge in [-0.25, -0.2) is 0 Å². The maximum atomic E-state index is 5.11. The van der Waals surface area contributed by atoms with Crippen LogP contribution in [0.5, 0.6) is 0 Å². The molecule has 0 atom stereocenters. The zero-order valence-electron chi connectivity index (χ0n) is 35.8. The van der Waals surface area contributed by atoms with Crippen LogP contribution in [-0.4, -0.2) is 9.97 Å². The van der Waals surface area contributed by atoms with Gasteiger partial charge in [0.05, 0.1) is 22.9 Å². The molecule has 0 N–H and O–H groups in total. The van der Waals surface area contributed by atoms with E-state index in [1.807, 2.05) is 37.5 Å². The van der Waals surface area contributed by atoms with Crippen LogP contribution in [0.2, 0.25) is 0 Å². The molecule has 0 fully saturated rings. The van der Waals surface area contributed by atoms with E-state index in [2.05, 4.69) is 234 Å². The van der Waals surface area contributed by atoms with Crippen LogP contribution in [0.4, 0.5) is 56.9 Å². The number of anilines is 10. The highest BCUT2D eigenvalue weighted by Gasteiger charge is 2.21. The summed E-state index contributed by atoms with van der Waals surface area (Å²) in [6.07, 6.45) is 9.94. The molecular formula is C57H48N6. The summed E-state index contributed by atoms with van der Waals surface area (Å²) in [5.41, 5.74) is 14.0. The van der Waals surface area contributed by atoms with Gasteiger partial charge in [0.2, 0.25) is 0 Å². The Kier molecular flexibility index (Phi) is 11.6. The van der Waals surface area contributed by atoms with E-state index in [4.69, 9.17) is 9.97 Å². The van der Waals surface area contributed by atoms with Crippen LogP contribution in [0, 0.1) is 0 Å². The number of nitrogens with zero attached hydrogens (tertiary/aromatic N) is 6. The van der Waals surface area contributed by atoms with E-state index < -0.39 is 0 Å². The van der Waals surface area contributed by atoms with Gasteiger partial charge in [0, 0.05) is 79.5 Å². The van der Waals surface area contributed by atoms with Crippen LogP contribution in [0.15, 0.2) is 243 Å². The number of rotatable bonds is 13. The minimum Gasteiger partial charge on any atom is -0.315 e. The number of hydrogen-bond donors (Lipinski definition) is 0. The summed E-state index contributed by atoms with van der Waals surface area (Å²) in [4.78, 5) is 19.0. The lowest BCUT2D eigenvalue weighted by atomic mass is 10.1. The number of pyridine rings is 2. The standard InChI is InChI=1S/C57H48N6/c1-5-42(4)60(46-22-11-8-12-23-46)49-28-17-32-53(38-49)63(55-37-44-35-34-43-21-20-36-58-56(43)57(44)59-41-55)54-33-19-31-52(40-54)62(48-26-15-10-16-27-48)51-30-18-29-50(39-51)61(45(6-2)7-3)47-24-13-9-14-25-47/h5-41H,2H2,1,3-4H3. The second-order valence-electron chi connectivity index (χ2n) is 15.2. The summed E-state index contributed by atoms with van der Waals surface area (Å²) in [5, 5.41) is 2.07. The summed E-state index contributed by atoms with van der Waals surface area (Å²) < 4.78 is 0. The van der Waals surface area contributed by atoms with Gasteiger partial charge in [0.15, 0.2) is 0 Å². The van der Waals surface area contributed by atoms with Crippen LogP contribution >= 0.6 is 0 Å². The Hall–Kier alpha value is -8.22. The fraction of sp³-hybridized carbons (Fsp3) is 0.0526. The summed E-state index contributed by atoms with van der Waals surface area (Å²) in [6, 6.07) is 68.2. The molecule has 2 aromatic heterocycles. The van der Waals surface area contributed by atoms with Gasteiger partial charge in [-0.05, 0) is 130 Å². The number of fused-ring (bicyclic) bond motifs is 3. The molecule has 7 aromatic carbocycles. The van der Waals surface area contributed by atoms with E-state index in [0.717, 1.165) is 90.1 Å². The van der Waals surface area contributed by atoms with Crippen molar-refractivity contribution < 1.29 is 0 Å². The van der Waals surface area contributed by atoms with Gasteiger partial charge in [-0.1, -0.05) is 110 Å². The third-order valence-electron chi connectivity index (χ3n) is 11.3. The monoisotopic (exact) mass is 816 g/mol. The van der Waals surface area contributed by atoms with E-state index in [0.29, 0.717) is 0 Å².